The number of carbonyl (C=O) groups excluding carboxylic acids is 2. The fourth-order valence-corrected chi connectivity index (χ4v) is 4.66. The fourth-order valence-electron chi connectivity index (χ4n) is 4.06. The van der Waals surface area contributed by atoms with E-state index < -0.39 is 5.76 Å². The molecule has 9 heteroatoms. The van der Waals surface area contributed by atoms with Gasteiger partial charge in [-0.3, -0.25) is 9.59 Å². The van der Waals surface area contributed by atoms with Crippen LogP contribution in [0.15, 0.2) is 59.8 Å². The first-order chi connectivity index (χ1) is 16.0. The maximum atomic E-state index is 13.0. The van der Waals surface area contributed by atoms with Gasteiger partial charge in [-0.15, -0.1) is 0 Å². The van der Waals surface area contributed by atoms with Gasteiger partial charge in [0, 0.05) is 32.6 Å². The first kappa shape index (κ1) is 23.2. The van der Waals surface area contributed by atoms with E-state index in [1.165, 1.54) is 5.56 Å². The van der Waals surface area contributed by atoms with Crippen LogP contribution in [-0.4, -0.2) is 63.1 Å². The molecule has 6 nitrogen and oxygen atoms in total. The average Bonchev–Trinajstić information content (AvgIpc) is 3.16. The van der Waals surface area contributed by atoms with E-state index in [2.05, 4.69) is 17.1 Å². The van der Waals surface area contributed by atoms with Gasteiger partial charge in [-0.05, 0) is 42.3 Å². The molecule has 0 saturated carbocycles. The minimum atomic E-state index is -2.62. The lowest BCUT2D eigenvalue weighted by molar-refractivity contribution is -0.140. The van der Waals surface area contributed by atoms with E-state index in [1.807, 2.05) is 18.2 Å². The maximum absolute atomic E-state index is 13.0. The number of aromatic nitrogens is 2. The Kier molecular flexibility index (Phi) is 7.59. The van der Waals surface area contributed by atoms with Gasteiger partial charge in [0.25, 0.3) is 5.76 Å². The van der Waals surface area contributed by atoms with Crippen molar-refractivity contribution in [3.8, 4) is 0 Å². The van der Waals surface area contributed by atoms with Crippen molar-refractivity contribution >= 4 is 34.6 Å². The molecular formula is C24H26F2N4O2S. The number of halogens is 2. The number of hydrogen-bond acceptors (Lipinski definition) is 4. The monoisotopic (exact) mass is 472 g/mol. The largest absolute Gasteiger partial charge is 0.339 e. The fraction of sp³-hybridized carbons (Fsp3) is 0.375. The smallest absolute Gasteiger partial charge is 0.291 e. The molecule has 174 valence electrons. The van der Waals surface area contributed by atoms with E-state index in [9.17, 15) is 18.4 Å². The first-order valence-electron chi connectivity index (χ1n) is 11.0. The van der Waals surface area contributed by atoms with Crippen LogP contribution in [0.2, 0.25) is 0 Å². The zero-order valence-corrected chi connectivity index (χ0v) is 19.0. The highest BCUT2D eigenvalue weighted by Gasteiger charge is 2.25. The van der Waals surface area contributed by atoms with E-state index in [0.717, 1.165) is 12.8 Å². The summed E-state index contributed by atoms with van der Waals surface area (Å²) in [7, 11) is 0. The molecule has 0 unspecified atom stereocenters. The number of nitrogens with zero attached hydrogens (tertiary/aromatic N) is 4. The Morgan fingerprint density at radius 1 is 0.909 bits per heavy atom. The predicted molar refractivity (Wildman–Crippen MR) is 124 cm³/mol. The molecule has 1 aliphatic heterocycles. The van der Waals surface area contributed by atoms with Gasteiger partial charge in [0.05, 0.1) is 11.0 Å². The maximum Gasteiger partial charge on any atom is 0.291 e. The molecule has 0 radical (unpaired) electrons. The lowest BCUT2D eigenvalue weighted by atomic mass is 10.1. The Bertz CT molecular complexity index is 1100. The van der Waals surface area contributed by atoms with E-state index in [4.69, 9.17) is 0 Å². The molecule has 1 fully saturated rings. The number of hydrogen-bond donors (Lipinski definition) is 0. The minimum absolute atomic E-state index is 0.0550. The third kappa shape index (κ3) is 5.90. The van der Waals surface area contributed by atoms with E-state index in [1.54, 1.807) is 38.6 Å². The Labute approximate surface area is 195 Å². The molecule has 0 spiro atoms. The number of benzene rings is 2. The van der Waals surface area contributed by atoms with Crippen LogP contribution in [0.3, 0.4) is 0 Å². The van der Waals surface area contributed by atoms with E-state index in [-0.39, 0.29) is 23.5 Å². The van der Waals surface area contributed by atoms with Gasteiger partial charge in [0.1, 0.15) is 6.54 Å². The van der Waals surface area contributed by atoms with Crippen LogP contribution in [0.5, 0.6) is 0 Å². The van der Waals surface area contributed by atoms with Crippen molar-refractivity contribution in [3.05, 3.63) is 60.2 Å². The van der Waals surface area contributed by atoms with Gasteiger partial charge in [0.15, 0.2) is 5.16 Å². The molecule has 1 aliphatic rings. The summed E-state index contributed by atoms with van der Waals surface area (Å²) in [5, 5.41) is 0.131. The summed E-state index contributed by atoms with van der Waals surface area (Å²) in [5.74, 6) is -2.67. The van der Waals surface area contributed by atoms with Gasteiger partial charge >= 0.3 is 0 Å². The minimum Gasteiger partial charge on any atom is -0.339 e. The van der Waals surface area contributed by atoms with Gasteiger partial charge in [-0.2, -0.15) is 8.78 Å². The second kappa shape index (κ2) is 10.8. The van der Waals surface area contributed by atoms with Gasteiger partial charge in [-0.25, -0.2) is 4.98 Å². The van der Waals surface area contributed by atoms with Crippen molar-refractivity contribution in [2.24, 2.45) is 0 Å². The zero-order chi connectivity index (χ0) is 23.2. The van der Waals surface area contributed by atoms with Crippen LogP contribution in [0, 0.1) is 0 Å². The van der Waals surface area contributed by atoms with Crippen molar-refractivity contribution < 1.29 is 18.4 Å². The van der Waals surface area contributed by atoms with Crippen LogP contribution < -0.4 is 0 Å². The molecular weight excluding hydrogens is 446 g/mol. The SMILES string of the molecule is O=C(CCCc1ccccc1)N1CCN(C(=O)Cn2c(SC(F)F)nc3ccccc32)CC1. The van der Waals surface area contributed by atoms with Gasteiger partial charge in [-0.1, -0.05) is 42.5 Å². The number of amides is 2. The standard InChI is InChI=1S/C24H26F2N4O2S/c25-23(26)33-24-27-19-10-4-5-11-20(19)30(24)17-22(32)29-15-13-28(14-16-29)21(31)12-6-9-18-7-2-1-3-8-18/h1-5,7-8,10-11,23H,6,9,12-17H2. The predicted octanol–water partition coefficient (Wildman–Crippen LogP) is 4.04. The Morgan fingerprint density at radius 2 is 1.55 bits per heavy atom. The molecule has 1 saturated heterocycles. The number of imidazole rings is 1. The number of aryl methyl sites for hydroxylation is 1. The summed E-state index contributed by atoms with van der Waals surface area (Å²) < 4.78 is 27.6. The lowest BCUT2D eigenvalue weighted by Crippen LogP contribution is -2.51. The normalized spacial score (nSPS) is 14.3. The summed E-state index contributed by atoms with van der Waals surface area (Å²) in [6.45, 7) is 1.79. The van der Waals surface area contributed by atoms with E-state index >= 15 is 0 Å². The summed E-state index contributed by atoms with van der Waals surface area (Å²) in [6, 6.07) is 17.2. The number of thioether (sulfide) groups is 1. The highest BCUT2D eigenvalue weighted by Crippen LogP contribution is 2.28. The Hall–Kier alpha value is -2.94. The second-order valence-corrected chi connectivity index (χ2v) is 8.91. The molecule has 0 aliphatic carbocycles. The van der Waals surface area contributed by atoms with E-state index in [0.29, 0.717) is 55.4 Å². The Morgan fingerprint density at radius 3 is 2.24 bits per heavy atom. The third-order valence-electron chi connectivity index (χ3n) is 5.79. The summed E-state index contributed by atoms with van der Waals surface area (Å²) in [5.41, 5.74) is 2.46. The summed E-state index contributed by atoms with van der Waals surface area (Å²) >= 11 is 0.345. The molecule has 3 aromatic rings. The Balaban J connectivity index is 1.30. The topological polar surface area (TPSA) is 58.4 Å². The summed E-state index contributed by atoms with van der Waals surface area (Å²) in [4.78, 5) is 33.2. The van der Waals surface area contributed by atoms with Crippen molar-refractivity contribution in [2.45, 2.75) is 36.7 Å². The number of piperazine rings is 1. The van der Waals surface area contributed by atoms with Gasteiger partial charge < -0.3 is 14.4 Å². The highest BCUT2D eigenvalue weighted by molar-refractivity contribution is 7.99. The van der Waals surface area contributed by atoms with Crippen LogP contribution in [0.4, 0.5) is 8.78 Å². The molecule has 4 rings (SSSR count). The van der Waals surface area contributed by atoms with Crippen LogP contribution in [0.25, 0.3) is 11.0 Å². The van der Waals surface area contributed by atoms with Crippen LogP contribution in [0.1, 0.15) is 18.4 Å². The zero-order valence-electron chi connectivity index (χ0n) is 18.2. The van der Waals surface area contributed by atoms with Crippen molar-refractivity contribution in [2.75, 3.05) is 26.2 Å². The highest BCUT2D eigenvalue weighted by atomic mass is 32.2. The molecule has 2 heterocycles. The number of alkyl halides is 2. The van der Waals surface area contributed by atoms with Gasteiger partial charge in [0.2, 0.25) is 11.8 Å². The average molecular weight is 473 g/mol. The van der Waals surface area contributed by atoms with Crippen molar-refractivity contribution in [3.63, 3.8) is 0 Å². The first-order valence-corrected chi connectivity index (χ1v) is 11.9. The molecule has 2 aromatic carbocycles. The molecule has 1 aromatic heterocycles. The number of para-hydroxylation sites is 2. The third-order valence-corrected chi connectivity index (χ3v) is 6.49. The van der Waals surface area contributed by atoms with Crippen LogP contribution >= 0.6 is 11.8 Å². The van der Waals surface area contributed by atoms with Crippen molar-refractivity contribution in [1.82, 2.24) is 19.4 Å². The summed E-state index contributed by atoms with van der Waals surface area (Å²) in [6.07, 6.45) is 2.14. The quantitative estimate of drug-likeness (QED) is 0.464. The molecule has 0 bridgehead atoms. The number of rotatable bonds is 8. The van der Waals surface area contributed by atoms with Crippen molar-refractivity contribution in [1.29, 1.82) is 0 Å². The molecule has 0 N–H and O–H groups in total. The molecule has 33 heavy (non-hydrogen) atoms. The number of carbonyl (C=O) groups is 2. The second-order valence-electron chi connectivity index (χ2n) is 7.95. The van der Waals surface area contributed by atoms with Crippen LogP contribution in [-0.2, 0) is 22.6 Å². The molecule has 2 amide bonds. The lowest BCUT2D eigenvalue weighted by Gasteiger charge is -2.35. The number of fused-ring (bicyclic) bond motifs is 1. The molecule has 0 atom stereocenters.